The maximum Gasteiger partial charge on any atom is 0.150 e. The summed E-state index contributed by atoms with van der Waals surface area (Å²) in [7, 11) is 0. The van der Waals surface area contributed by atoms with E-state index < -0.39 is 0 Å². The van der Waals surface area contributed by atoms with Gasteiger partial charge in [-0.15, -0.1) is 0 Å². The predicted molar refractivity (Wildman–Crippen MR) is 101 cm³/mol. The van der Waals surface area contributed by atoms with Crippen LogP contribution < -0.4 is 5.32 Å². The lowest BCUT2D eigenvalue weighted by Gasteiger charge is -2.08. The molecule has 0 atom stereocenters. The molecule has 4 aromatic rings. The third kappa shape index (κ3) is 2.76. The van der Waals surface area contributed by atoms with Crippen molar-refractivity contribution in [1.29, 1.82) is 0 Å². The summed E-state index contributed by atoms with van der Waals surface area (Å²) in [5, 5.41) is 4.29. The molecule has 0 bridgehead atoms. The van der Waals surface area contributed by atoms with Crippen molar-refractivity contribution < 1.29 is 0 Å². The van der Waals surface area contributed by atoms with E-state index in [9.17, 15) is 0 Å². The first-order valence-electron chi connectivity index (χ1n) is 7.76. The molecule has 0 aromatic carbocycles. The summed E-state index contributed by atoms with van der Waals surface area (Å²) in [5.74, 6) is 1.48. The van der Waals surface area contributed by atoms with E-state index in [2.05, 4.69) is 59.6 Å². The van der Waals surface area contributed by atoms with Crippen molar-refractivity contribution in [2.45, 2.75) is 13.8 Å². The summed E-state index contributed by atoms with van der Waals surface area (Å²) < 4.78 is 3.05. The molecular weight excluding hydrogens is 380 g/mol. The van der Waals surface area contributed by atoms with Crippen molar-refractivity contribution in [1.82, 2.24) is 24.5 Å². The minimum absolute atomic E-state index is 0.733. The Labute approximate surface area is 153 Å². The van der Waals surface area contributed by atoms with E-state index in [4.69, 9.17) is 0 Å². The van der Waals surface area contributed by atoms with Crippen LogP contribution in [0.3, 0.4) is 0 Å². The fraction of sp³-hybridized carbons (Fsp3) is 0.111. The standard InChI is InChI=1S/C18H15BrN6/c1-11-12(2)25(14-5-7-20-8-6-14)18-16(11)17(22-10-23-18)24-15-4-3-13(19)9-21-15/h3-10H,1-2H3,(H,21,22,23,24). The number of halogens is 1. The topological polar surface area (TPSA) is 68.5 Å². The molecule has 124 valence electrons. The number of hydrogen-bond acceptors (Lipinski definition) is 5. The van der Waals surface area contributed by atoms with Gasteiger partial charge in [0, 0.05) is 28.8 Å². The van der Waals surface area contributed by atoms with Crippen LogP contribution in [-0.2, 0) is 0 Å². The van der Waals surface area contributed by atoms with Crippen LogP contribution in [0.25, 0.3) is 16.7 Å². The molecule has 6 nitrogen and oxygen atoms in total. The molecule has 0 radical (unpaired) electrons. The quantitative estimate of drug-likeness (QED) is 0.559. The third-order valence-electron chi connectivity index (χ3n) is 4.19. The van der Waals surface area contributed by atoms with E-state index in [0.29, 0.717) is 0 Å². The largest absolute Gasteiger partial charge is 0.324 e. The summed E-state index contributed by atoms with van der Waals surface area (Å²) in [6.45, 7) is 4.16. The van der Waals surface area contributed by atoms with Gasteiger partial charge in [-0.1, -0.05) is 0 Å². The molecule has 4 rings (SSSR count). The van der Waals surface area contributed by atoms with Gasteiger partial charge in [0.15, 0.2) is 5.65 Å². The van der Waals surface area contributed by atoms with Crippen molar-refractivity contribution in [3.63, 3.8) is 0 Å². The summed E-state index contributed by atoms with van der Waals surface area (Å²) in [6, 6.07) is 7.78. The van der Waals surface area contributed by atoms with Crippen LogP contribution in [0.15, 0.2) is 53.7 Å². The van der Waals surface area contributed by atoms with Crippen LogP contribution in [0.2, 0.25) is 0 Å². The lowest BCUT2D eigenvalue weighted by Crippen LogP contribution is -2.00. The number of pyridine rings is 2. The molecule has 4 heterocycles. The first kappa shape index (κ1) is 15.7. The highest BCUT2D eigenvalue weighted by Crippen LogP contribution is 2.32. The van der Waals surface area contributed by atoms with Crippen molar-refractivity contribution in [3.8, 4) is 5.69 Å². The van der Waals surface area contributed by atoms with Gasteiger partial charge >= 0.3 is 0 Å². The summed E-state index contributed by atoms with van der Waals surface area (Å²) in [5.41, 5.74) is 4.13. The minimum Gasteiger partial charge on any atom is -0.324 e. The van der Waals surface area contributed by atoms with Gasteiger partial charge in [-0.05, 0) is 59.6 Å². The maximum absolute atomic E-state index is 4.52. The molecule has 0 amide bonds. The van der Waals surface area contributed by atoms with Gasteiger partial charge in [-0.25, -0.2) is 15.0 Å². The van der Waals surface area contributed by atoms with Gasteiger partial charge in [0.2, 0.25) is 0 Å². The van der Waals surface area contributed by atoms with Gasteiger partial charge in [-0.2, -0.15) is 0 Å². The Morgan fingerprint density at radius 1 is 1.00 bits per heavy atom. The van der Waals surface area contributed by atoms with E-state index in [0.717, 1.165) is 44.1 Å². The Balaban J connectivity index is 1.89. The second-order valence-electron chi connectivity index (χ2n) is 5.66. The molecule has 0 saturated heterocycles. The van der Waals surface area contributed by atoms with Gasteiger partial charge in [0.1, 0.15) is 18.0 Å². The molecule has 7 heteroatoms. The highest BCUT2D eigenvalue weighted by molar-refractivity contribution is 9.10. The van der Waals surface area contributed by atoms with E-state index in [1.807, 2.05) is 24.3 Å². The van der Waals surface area contributed by atoms with Gasteiger partial charge in [0.25, 0.3) is 0 Å². The van der Waals surface area contributed by atoms with Crippen molar-refractivity contribution in [3.05, 3.63) is 64.9 Å². The fourth-order valence-corrected chi connectivity index (χ4v) is 3.11. The van der Waals surface area contributed by atoms with E-state index >= 15 is 0 Å². The molecule has 0 aliphatic carbocycles. The molecular formula is C18H15BrN6. The lowest BCUT2D eigenvalue weighted by molar-refractivity contribution is 1.01. The molecule has 4 aromatic heterocycles. The summed E-state index contributed by atoms with van der Waals surface area (Å²) >= 11 is 3.40. The first-order chi connectivity index (χ1) is 12.1. The number of anilines is 2. The number of aryl methyl sites for hydroxylation is 1. The summed E-state index contributed by atoms with van der Waals surface area (Å²) in [4.78, 5) is 17.4. The van der Waals surface area contributed by atoms with E-state index in [1.54, 1.807) is 24.9 Å². The molecule has 0 aliphatic heterocycles. The predicted octanol–water partition coefficient (Wildman–Crippen LogP) is 4.33. The zero-order valence-electron chi connectivity index (χ0n) is 13.7. The molecule has 0 spiro atoms. The monoisotopic (exact) mass is 394 g/mol. The second-order valence-corrected chi connectivity index (χ2v) is 6.57. The highest BCUT2D eigenvalue weighted by atomic mass is 79.9. The van der Waals surface area contributed by atoms with Crippen LogP contribution in [0, 0.1) is 13.8 Å². The number of rotatable bonds is 3. The summed E-state index contributed by atoms with van der Waals surface area (Å²) in [6.07, 6.45) is 6.88. The molecule has 0 unspecified atom stereocenters. The van der Waals surface area contributed by atoms with Crippen molar-refractivity contribution in [2.75, 3.05) is 5.32 Å². The van der Waals surface area contributed by atoms with E-state index in [-0.39, 0.29) is 0 Å². The zero-order chi connectivity index (χ0) is 17.4. The van der Waals surface area contributed by atoms with Crippen molar-refractivity contribution in [2.24, 2.45) is 0 Å². The lowest BCUT2D eigenvalue weighted by atomic mass is 10.2. The Morgan fingerprint density at radius 2 is 1.80 bits per heavy atom. The average molecular weight is 395 g/mol. The SMILES string of the molecule is Cc1c(C)n(-c2ccncc2)c2ncnc(Nc3ccc(Br)cn3)c12. The fourth-order valence-electron chi connectivity index (χ4n) is 2.87. The number of hydrogen-bond donors (Lipinski definition) is 1. The Bertz CT molecular complexity index is 1040. The second kappa shape index (κ2) is 6.25. The van der Waals surface area contributed by atoms with Crippen LogP contribution in [0.4, 0.5) is 11.6 Å². The molecule has 1 N–H and O–H groups in total. The van der Waals surface area contributed by atoms with Gasteiger partial charge in [-0.3, -0.25) is 9.55 Å². The molecule has 0 aliphatic rings. The molecule has 0 fully saturated rings. The minimum atomic E-state index is 0.733. The van der Waals surface area contributed by atoms with Crippen LogP contribution in [-0.4, -0.2) is 24.5 Å². The third-order valence-corrected chi connectivity index (χ3v) is 4.66. The number of aromatic nitrogens is 5. The van der Waals surface area contributed by atoms with Gasteiger partial charge in [0.05, 0.1) is 11.1 Å². The Kier molecular flexibility index (Phi) is 3.93. The van der Waals surface area contributed by atoms with Gasteiger partial charge < -0.3 is 5.32 Å². The first-order valence-corrected chi connectivity index (χ1v) is 8.56. The maximum atomic E-state index is 4.52. The van der Waals surface area contributed by atoms with Crippen LogP contribution in [0.1, 0.15) is 11.3 Å². The number of fused-ring (bicyclic) bond motifs is 1. The van der Waals surface area contributed by atoms with Crippen molar-refractivity contribution >= 4 is 38.6 Å². The van der Waals surface area contributed by atoms with Crippen LogP contribution >= 0.6 is 15.9 Å². The zero-order valence-corrected chi connectivity index (χ0v) is 15.3. The number of nitrogens with zero attached hydrogens (tertiary/aromatic N) is 5. The average Bonchev–Trinajstić information content (AvgIpc) is 2.89. The normalized spacial score (nSPS) is 11.0. The smallest absolute Gasteiger partial charge is 0.150 e. The Hall–Kier alpha value is -2.80. The number of nitrogens with one attached hydrogen (secondary N) is 1. The van der Waals surface area contributed by atoms with Crippen LogP contribution in [0.5, 0.6) is 0 Å². The molecule has 0 saturated carbocycles. The Morgan fingerprint density at radius 3 is 2.52 bits per heavy atom. The molecule has 25 heavy (non-hydrogen) atoms. The van der Waals surface area contributed by atoms with E-state index in [1.165, 1.54) is 0 Å². The highest BCUT2D eigenvalue weighted by Gasteiger charge is 2.17.